The fraction of sp³-hybridized carbons (Fsp3) is 0.739. The molecule has 0 radical (unpaired) electrons. The Morgan fingerprint density at radius 3 is 2.45 bits per heavy atom. The number of pyridine rings is 1. The second-order valence-electron chi connectivity index (χ2n) is 10.1. The number of likely N-dealkylation sites (tertiary alicyclic amines) is 1. The first-order chi connectivity index (χ1) is 13.9. The van der Waals surface area contributed by atoms with Crippen molar-refractivity contribution in [2.75, 3.05) is 20.2 Å². The summed E-state index contributed by atoms with van der Waals surface area (Å²) in [4.78, 5) is 19.1. The van der Waals surface area contributed by atoms with E-state index in [1.807, 2.05) is 17.9 Å². The zero-order valence-corrected chi connectivity index (χ0v) is 17.5. The molecule has 6 heteroatoms. The summed E-state index contributed by atoms with van der Waals surface area (Å²) in [6.07, 6.45) is 8.08. The van der Waals surface area contributed by atoms with Gasteiger partial charge in [-0.15, -0.1) is 0 Å². The average Bonchev–Trinajstić information content (AvgIpc) is 3.49. The van der Waals surface area contributed by atoms with Gasteiger partial charge in [0.1, 0.15) is 6.10 Å². The lowest BCUT2D eigenvalue weighted by molar-refractivity contribution is -0.164. The topological polar surface area (TPSA) is 71.9 Å². The fourth-order valence-corrected chi connectivity index (χ4v) is 5.53. The minimum atomic E-state index is -0.633. The van der Waals surface area contributed by atoms with Crippen molar-refractivity contribution in [1.82, 2.24) is 9.88 Å². The third-order valence-corrected chi connectivity index (χ3v) is 7.44. The lowest BCUT2D eigenvalue weighted by Gasteiger charge is -2.55. The molecule has 1 aliphatic heterocycles. The Bertz CT molecular complexity index is 780. The van der Waals surface area contributed by atoms with E-state index in [2.05, 4.69) is 11.1 Å². The number of amides is 1. The third kappa shape index (κ3) is 3.72. The van der Waals surface area contributed by atoms with Crippen molar-refractivity contribution in [2.45, 2.75) is 75.9 Å². The molecule has 1 aromatic rings. The van der Waals surface area contributed by atoms with Gasteiger partial charge in [0.05, 0.1) is 12.7 Å². The van der Waals surface area contributed by atoms with Gasteiger partial charge in [0, 0.05) is 36.1 Å². The third-order valence-electron chi connectivity index (χ3n) is 7.44. The summed E-state index contributed by atoms with van der Waals surface area (Å²) in [5, 5.41) is 9.88. The number of rotatable bonds is 5. The summed E-state index contributed by atoms with van der Waals surface area (Å²) in [6.45, 7) is 3.57. The molecular formula is C23H32N2O4. The van der Waals surface area contributed by atoms with Crippen molar-refractivity contribution in [3.8, 4) is 11.8 Å². The zero-order valence-electron chi connectivity index (χ0n) is 17.5. The van der Waals surface area contributed by atoms with Crippen LogP contribution >= 0.6 is 0 Å². The van der Waals surface area contributed by atoms with Crippen molar-refractivity contribution in [3.05, 3.63) is 17.7 Å². The van der Waals surface area contributed by atoms with Crippen LogP contribution in [0.4, 0.5) is 0 Å². The molecule has 3 aliphatic carbocycles. The Morgan fingerprint density at radius 1 is 1.17 bits per heavy atom. The van der Waals surface area contributed by atoms with E-state index in [0.717, 1.165) is 38.8 Å². The van der Waals surface area contributed by atoms with Gasteiger partial charge in [-0.05, 0) is 70.3 Å². The van der Waals surface area contributed by atoms with E-state index in [9.17, 15) is 9.90 Å². The van der Waals surface area contributed by atoms with Crippen molar-refractivity contribution < 1.29 is 19.4 Å². The lowest BCUT2D eigenvalue weighted by atomic mass is 9.66. The number of aromatic nitrogens is 1. The lowest BCUT2D eigenvalue weighted by Crippen LogP contribution is -2.63. The highest BCUT2D eigenvalue weighted by Gasteiger charge is 2.51. The number of carbonyl (C=O) groups excluding carboxylic acids is 1. The normalized spacial score (nSPS) is 31.1. The molecule has 0 bridgehead atoms. The van der Waals surface area contributed by atoms with E-state index >= 15 is 0 Å². The first kappa shape index (κ1) is 19.2. The maximum atomic E-state index is 12.5. The van der Waals surface area contributed by atoms with Crippen LogP contribution in [0.1, 0.15) is 69.8 Å². The van der Waals surface area contributed by atoms with Gasteiger partial charge >= 0.3 is 0 Å². The zero-order chi connectivity index (χ0) is 20.2. The van der Waals surface area contributed by atoms with E-state index in [1.165, 1.54) is 18.4 Å². The monoisotopic (exact) mass is 400 g/mol. The highest BCUT2D eigenvalue weighted by atomic mass is 16.5. The largest absolute Gasteiger partial charge is 0.481 e. The maximum absolute atomic E-state index is 12.5. The van der Waals surface area contributed by atoms with Crippen molar-refractivity contribution in [1.29, 1.82) is 0 Å². The van der Waals surface area contributed by atoms with E-state index in [-0.39, 0.29) is 23.3 Å². The van der Waals surface area contributed by atoms with E-state index in [0.29, 0.717) is 30.5 Å². The van der Waals surface area contributed by atoms with Crippen molar-refractivity contribution in [2.24, 2.45) is 11.3 Å². The summed E-state index contributed by atoms with van der Waals surface area (Å²) in [7, 11) is 1.68. The standard InChI is InChI=1S/C23H32N2O4/c1-22(27)11-16(12-22)21(26)25-13-23(14-25)9-7-17(8-10-23)29-19-6-5-18(15-3-4-15)20(24-19)28-2/h5-6,15-17,27H,3-4,7-14H2,1-2H3/t16-,22+. The summed E-state index contributed by atoms with van der Waals surface area (Å²) in [5.74, 6) is 2.25. The van der Waals surface area contributed by atoms with E-state index < -0.39 is 5.60 Å². The fourth-order valence-electron chi connectivity index (χ4n) is 5.53. The second-order valence-corrected chi connectivity index (χ2v) is 10.1. The summed E-state index contributed by atoms with van der Waals surface area (Å²) in [5.41, 5.74) is 0.851. The highest BCUT2D eigenvalue weighted by molar-refractivity contribution is 5.81. The minimum Gasteiger partial charge on any atom is -0.481 e. The number of hydrogen-bond donors (Lipinski definition) is 1. The van der Waals surface area contributed by atoms with Gasteiger partial charge in [0.2, 0.25) is 17.7 Å². The summed E-state index contributed by atoms with van der Waals surface area (Å²) >= 11 is 0. The molecule has 1 saturated heterocycles. The summed E-state index contributed by atoms with van der Waals surface area (Å²) in [6, 6.07) is 4.09. The van der Waals surface area contributed by atoms with Gasteiger partial charge in [-0.2, -0.15) is 4.98 Å². The van der Waals surface area contributed by atoms with Crippen LogP contribution in [0.25, 0.3) is 0 Å². The first-order valence-electron chi connectivity index (χ1n) is 11.1. The molecule has 3 saturated carbocycles. The molecule has 1 N–H and O–H groups in total. The van der Waals surface area contributed by atoms with Crippen LogP contribution in [0.15, 0.2) is 12.1 Å². The maximum Gasteiger partial charge on any atom is 0.225 e. The molecule has 0 atom stereocenters. The number of ether oxygens (including phenoxy) is 2. The molecule has 4 aliphatic rings. The van der Waals surface area contributed by atoms with E-state index in [4.69, 9.17) is 9.47 Å². The molecule has 29 heavy (non-hydrogen) atoms. The SMILES string of the molecule is COc1nc(OC2CCC3(CC2)CN(C(=O)[C@H]2C[C@@](C)(O)C2)C3)ccc1C1CC1. The van der Waals surface area contributed by atoms with Gasteiger partial charge in [-0.3, -0.25) is 4.79 Å². The average molecular weight is 401 g/mol. The Balaban J connectivity index is 1.11. The van der Waals surface area contributed by atoms with Gasteiger partial charge in [-0.1, -0.05) is 0 Å². The number of hydrogen-bond acceptors (Lipinski definition) is 5. The van der Waals surface area contributed by atoms with Crippen molar-refractivity contribution in [3.63, 3.8) is 0 Å². The van der Waals surface area contributed by atoms with Crippen LogP contribution in [0.5, 0.6) is 11.8 Å². The van der Waals surface area contributed by atoms with Gasteiger partial charge in [0.25, 0.3) is 0 Å². The predicted octanol–water partition coefficient (Wildman–Crippen LogP) is 3.28. The number of aliphatic hydroxyl groups is 1. The molecule has 4 fully saturated rings. The minimum absolute atomic E-state index is 0.0293. The van der Waals surface area contributed by atoms with Crippen LogP contribution in [-0.2, 0) is 4.79 Å². The van der Waals surface area contributed by atoms with Crippen LogP contribution in [-0.4, -0.2) is 52.8 Å². The van der Waals surface area contributed by atoms with Crippen LogP contribution in [0, 0.1) is 11.3 Å². The Hall–Kier alpha value is -1.82. The van der Waals surface area contributed by atoms with Crippen LogP contribution in [0.2, 0.25) is 0 Å². The van der Waals surface area contributed by atoms with Crippen molar-refractivity contribution >= 4 is 5.91 Å². The molecular weight excluding hydrogens is 368 g/mol. The number of carbonyl (C=O) groups is 1. The highest BCUT2D eigenvalue weighted by Crippen LogP contribution is 2.48. The molecule has 1 aromatic heterocycles. The Morgan fingerprint density at radius 2 is 1.86 bits per heavy atom. The van der Waals surface area contributed by atoms with Gasteiger partial charge in [0.15, 0.2) is 0 Å². The van der Waals surface area contributed by atoms with E-state index in [1.54, 1.807) is 7.11 Å². The summed E-state index contributed by atoms with van der Waals surface area (Å²) < 4.78 is 11.6. The smallest absolute Gasteiger partial charge is 0.225 e. The Labute approximate surface area is 172 Å². The number of methoxy groups -OCH3 is 1. The molecule has 0 unspecified atom stereocenters. The van der Waals surface area contributed by atoms with Gasteiger partial charge < -0.3 is 19.5 Å². The van der Waals surface area contributed by atoms with Crippen LogP contribution < -0.4 is 9.47 Å². The first-order valence-corrected chi connectivity index (χ1v) is 11.1. The predicted molar refractivity (Wildman–Crippen MR) is 108 cm³/mol. The molecule has 1 spiro atoms. The molecule has 0 aromatic carbocycles. The quantitative estimate of drug-likeness (QED) is 0.821. The van der Waals surface area contributed by atoms with Gasteiger partial charge in [-0.25, -0.2) is 0 Å². The molecule has 6 nitrogen and oxygen atoms in total. The molecule has 1 amide bonds. The van der Waals surface area contributed by atoms with Crippen LogP contribution in [0.3, 0.4) is 0 Å². The Kier molecular flexibility index (Phi) is 4.53. The molecule has 158 valence electrons. The number of nitrogens with zero attached hydrogens (tertiary/aromatic N) is 2. The molecule has 2 heterocycles. The second kappa shape index (κ2) is 6.86. The molecule has 5 rings (SSSR count).